The molecule has 0 saturated heterocycles. The maximum atomic E-state index is 12.7. The number of alkyl carbamates (subject to hydrolysis) is 3. The predicted molar refractivity (Wildman–Crippen MR) is 218 cm³/mol. The molecule has 14 nitrogen and oxygen atoms in total. The molecular weight excluding hydrogens is 732 g/mol. The van der Waals surface area contributed by atoms with Crippen LogP contribution < -0.4 is 21.7 Å². The van der Waals surface area contributed by atoms with Crippen LogP contribution in [-0.2, 0) is 33.3 Å². The SMILES string of the molecule is C=CCOC(=O)C(CCCCNC(=O)OC(C)(C)C)NC(=O)OCC1c2ccccc2-c2ccccc21.C=CCOC(=O)C(N)CCCCNC(=O)OC(C)(C)C. The fourth-order valence-corrected chi connectivity index (χ4v) is 5.61. The van der Waals surface area contributed by atoms with Gasteiger partial charge in [-0.05, 0) is 102 Å². The van der Waals surface area contributed by atoms with Crippen molar-refractivity contribution in [3.05, 3.63) is 85.0 Å². The van der Waals surface area contributed by atoms with Crippen molar-refractivity contribution in [1.82, 2.24) is 16.0 Å². The molecule has 57 heavy (non-hydrogen) atoms. The maximum absolute atomic E-state index is 12.7. The summed E-state index contributed by atoms with van der Waals surface area (Å²) in [6.07, 6.45) is 4.80. The average molecular weight is 795 g/mol. The molecule has 0 saturated carbocycles. The van der Waals surface area contributed by atoms with E-state index in [1.165, 1.54) is 12.2 Å². The van der Waals surface area contributed by atoms with Crippen molar-refractivity contribution in [2.45, 2.75) is 109 Å². The summed E-state index contributed by atoms with van der Waals surface area (Å²) in [6.45, 7) is 19.0. The molecule has 14 heteroatoms. The highest BCUT2D eigenvalue weighted by Crippen LogP contribution is 2.44. The lowest BCUT2D eigenvalue weighted by Crippen LogP contribution is -2.42. The van der Waals surface area contributed by atoms with E-state index in [0.29, 0.717) is 38.8 Å². The Labute approximate surface area is 337 Å². The van der Waals surface area contributed by atoms with Crippen LogP contribution in [0.2, 0.25) is 0 Å². The summed E-state index contributed by atoms with van der Waals surface area (Å²) in [5.74, 6) is -1.07. The number of esters is 2. The number of nitrogens with two attached hydrogens (primary N) is 1. The fourth-order valence-electron chi connectivity index (χ4n) is 5.61. The highest BCUT2D eigenvalue weighted by Gasteiger charge is 2.30. The molecule has 2 aromatic carbocycles. The number of nitrogens with one attached hydrogen (secondary N) is 3. The first kappa shape index (κ1) is 47.8. The van der Waals surface area contributed by atoms with Crippen LogP contribution in [0.3, 0.4) is 0 Å². The zero-order valence-corrected chi connectivity index (χ0v) is 34.4. The molecule has 314 valence electrons. The molecule has 2 atom stereocenters. The van der Waals surface area contributed by atoms with Crippen molar-refractivity contribution in [1.29, 1.82) is 0 Å². The minimum Gasteiger partial charge on any atom is -0.460 e. The molecule has 0 spiro atoms. The fraction of sp³-hybridized carbons (Fsp3) is 0.512. The summed E-state index contributed by atoms with van der Waals surface area (Å²) in [4.78, 5) is 59.7. The third-order valence-electron chi connectivity index (χ3n) is 8.11. The van der Waals surface area contributed by atoms with Crippen LogP contribution >= 0.6 is 0 Å². The molecule has 0 fully saturated rings. The maximum Gasteiger partial charge on any atom is 0.407 e. The number of amides is 3. The number of hydrogen-bond donors (Lipinski definition) is 4. The third-order valence-corrected chi connectivity index (χ3v) is 8.11. The van der Waals surface area contributed by atoms with Crippen molar-refractivity contribution in [3.8, 4) is 11.1 Å². The molecule has 0 heterocycles. The normalized spacial score (nSPS) is 12.8. The molecule has 5 N–H and O–H groups in total. The van der Waals surface area contributed by atoms with Gasteiger partial charge in [-0.1, -0.05) is 73.8 Å². The number of fused-ring (bicyclic) bond motifs is 3. The molecule has 2 aromatic rings. The van der Waals surface area contributed by atoms with Crippen LogP contribution in [0.5, 0.6) is 0 Å². The van der Waals surface area contributed by atoms with Crippen molar-refractivity contribution in [3.63, 3.8) is 0 Å². The van der Waals surface area contributed by atoms with Gasteiger partial charge in [0, 0.05) is 19.0 Å². The summed E-state index contributed by atoms with van der Waals surface area (Å²) in [5, 5.41) is 7.97. The highest BCUT2D eigenvalue weighted by molar-refractivity contribution is 5.82. The Kier molecular flexibility index (Phi) is 20.4. The van der Waals surface area contributed by atoms with Crippen LogP contribution in [0.25, 0.3) is 11.1 Å². The van der Waals surface area contributed by atoms with Crippen LogP contribution in [0.4, 0.5) is 14.4 Å². The van der Waals surface area contributed by atoms with Gasteiger partial charge in [0.1, 0.15) is 43.1 Å². The van der Waals surface area contributed by atoms with Crippen LogP contribution in [0, 0.1) is 0 Å². The van der Waals surface area contributed by atoms with E-state index >= 15 is 0 Å². The number of carbonyl (C=O) groups is 5. The molecule has 1 aliphatic rings. The lowest BCUT2D eigenvalue weighted by atomic mass is 9.98. The van der Waals surface area contributed by atoms with E-state index in [1.54, 1.807) is 41.5 Å². The van der Waals surface area contributed by atoms with Gasteiger partial charge in [-0.3, -0.25) is 4.79 Å². The minimum absolute atomic E-state index is 0.0436. The zero-order chi connectivity index (χ0) is 42.4. The van der Waals surface area contributed by atoms with Gasteiger partial charge in [0.05, 0.1) is 0 Å². The van der Waals surface area contributed by atoms with E-state index in [9.17, 15) is 24.0 Å². The molecule has 2 unspecified atom stereocenters. The first-order valence-corrected chi connectivity index (χ1v) is 19.3. The monoisotopic (exact) mass is 794 g/mol. The Morgan fingerprint density at radius 1 is 0.667 bits per heavy atom. The van der Waals surface area contributed by atoms with Crippen LogP contribution in [0.1, 0.15) is 97.1 Å². The summed E-state index contributed by atoms with van der Waals surface area (Å²) < 4.78 is 25.9. The smallest absolute Gasteiger partial charge is 0.407 e. The Morgan fingerprint density at radius 2 is 1.12 bits per heavy atom. The standard InChI is InChI=1S/C29H36N2O6.C14H26N2O4/c1-5-18-35-26(32)25(16-10-11-17-30-27(33)37-29(2,3)4)31-28(34)36-19-24-22-14-8-6-12-20(22)21-13-7-9-15-23(21)24;1-5-10-19-12(17)11(15)8-6-7-9-16-13(18)20-14(2,3)4/h5-9,12-15,24-25H,1,10-11,16-19H2,2-4H3,(H,30,33)(H,31,34);5,11H,1,6-10,15H2,2-4H3,(H,16,18). The van der Waals surface area contributed by atoms with Gasteiger partial charge in [-0.25, -0.2) is 19.2 Å². The lowest BCUT2D eigenvalue weighted by molar-refractivity contribution is -0.145. The van der Waals surface area contributed by atoms with E-state index in [4.69, 9.17) is 29.4 Å². The number of hydrogen-bond acceptors (Lipinski definition) is 11. The number of ether oxygens (including phenoxy) is 5. The molecule has 0 aliphatic heterocycles. The second-order valence-electron chi connectivity index (χ2n) is 15.3. The highest BCUT2D eigenvalue weighted by atomic mass is 16.6. The summed E-state index contributed by atoms with van der Waals surface area (Å²) in [6, 6.07) is 14.7. The first-order valence-electron chi connectivity index (χ1n) is 19.3. The summed E-state index contributed by atoms with van der Waals surface area (Å²) >= 11 is 0. The molecule has 1 aliphatic carbocycles. The Bertz CT molecular complexity index is 1590. The lowest BCUT2D eigenvalue weighted by Gasteiger charge is -2.20. The van der Waals surface area contributed by atoms with Gasteiger partial charge in [-0.2, -0.15) is 0 Å². The second kappa shape index (κ2) is 24.3. The van der Waals surface area contributed by atoms with E-state index < -0.39 is 53.5 Å². The van der Waals surface area contributed by atoms with Crippen molar-refractivity contribution in [2.24, 2.45) is 5.73 Å². The van der Waals surface area contributed by atoms with Gasteiger partial charge in [-0.15, -0.1) is 0 Å². The minimum atomic E-state index is -0.878. The quantitative estimate of drug-likeness (QED) is 0.0493. The number of carbonyl (C=O) groups excluding carboxylic acids is 5. The molecular formula is C43H62N4O10. The van der Waals surface area contributed by atoms with E-state index in [1.807, 2.05) is 36.4 Å². The largest absolute Gasteiger partial charge is 0.460 e. The molecule has 0 bridgehead atoms. The molecule has 3 rings (SSSR count). The topological polar surface area (TPSA) is 194 Å². The van der Waals surface area contributed by atoms with Gasteiger partial charge < -0.3 is 45.4 Å². The van der Waals surface area contributed by atoms with E-state index in [0.717, 1.165) is 35.1 Å². The summed E-state index contributed by atoms with van der Waals surface area (Å²) in [5.41, 5.74) is 9.08. The van der Waals surface area contributed by atoms with Gasteiger partial charge in [0.15, 0.2) is 0 Å². The van der Waals surface area contributed by atoms with E-state index in [-0.39, 0.29) is 25.7 Å². The Hall–Kier alpha value is -5.37. The van der Waals surface area contributed by atoms with Crippen LogP contribution in [0.15, 0.2) is 73.8 Å². The van der Waals surface area contributed by atoms with Gasteiger partial charge >= 0.3 is 30.2 Å². The Balaban J connectivity index is 0.000000476. The Morgan fingerprint density at radius 3 is 1.60 bits per heavy atom. The van der Waals surface area contributed by atoms with Crippen molar-refractivity contribution < 1.29 is 47.7 Å². The van der Waals surface area contributed by atoms with Crippen molar-refractivity contribution in [2.75, 3.05) is 32.9 Å². The zero-order valence-electron chi connectivity index (χ0n) is 34.4. The average Bonchev–Trinajstić information content (AvgIpc) is 3.46. The molecule has 0 aromatic heterocycles. The van der Waals surface area contributed by atoms with Gasteiger partial charge in [0.25, 0.3) is 0 Å². The van der Waals surface area contributed by atoms with Crippen molar-refractivity contribution >= 4 is 30.2 Å². The first-order chi connectivity index (χ1) is 27.0. The summed E-state index contributed by atoms with van der Waals surface area (Å²) in [7, 11) is 0. The number of unbranched alkanes of at least 4 members (excludes halogenated alkanes) is 2. The molecule has 3 amide bonds. The van der Waals surface area contributed by atoms with Crippen LogP contribution in [-0.4, -0.2) is 86.4 Å². The number of benzene rings is 2. The van der Waals surface area contributed by atoms with Gasteiger partial charge in [0.2, 0.25) is 0 Å². The van der Waals surface area contributed by atoms with E-state index in [2.05, 4.69) is 41.2 Å². The third kappa shape index (κ3) is 18.9. The number of rotatable bonds is 19. The second-order valence-corrected chi connectivity index (χ2v) is 15.3. The predicted octanol–water partition coefficient (Wildman–Crippen LogP) is 7.06. The molecule has 0 radical (unpaired) electrons.